The largest absolute Gasteiger partial charge is 0.497 e. The quantitative estimate of drug-likeness (QED) is 0.898. The summed E-state index contributed by atoms with van der Waals surface area (Å²) in [5.41, 5.74) is 8.29. The molecule has 1 unspecified atom stereocenters. The van der Waals surface area contributed by atoms with Crippen LogP contribution in [0.15, 0.2) is 36.5 Å². The monoisotopic (exact) mass is 246 g/mol. The maximum Gasteiger partial charge on any atom is 0.122 e. The molecule has 0 radical (unpaired) electrons. The second-order valence-corrected chi connectivity index (χ2v) is 4.17. The highest BCUT2D eigenvalue weighted by Gasteiger charge is 2.14. The van der Waals surface area contributed by atoms with E-state index in [0.717, 1.165) is 22.8 Å². The maximum absolute atomic E-state index is 6.28. The van der Waals surface area contributed by atoms with E-state index in [1.54, 1.807) is 14.2 Å². The highest BCUT2D eigenvalue weighted by molar-refractivity contribution is 5.42. The molecule has 18 heavy (non-hydrogen) atoms. The van der Waals surface area contributed by atoms with Crippen molar-refractivity contribution in [2.24, 2.45) is 12.8 Å². The summed E-state index contributed by atoms with van der Waals surface area (Å²) in [7, 11) is 5.24. The molecule has 0 bridgehead atoms. The highest BCUT2D eigenvalue weighted by Crippen LogP contribution is 2.28. The number of methoxy groups -OCH3 is 2. The van der Waals surface area contributed by atoms with Gasteiger partial charge in [-0.3, -0.25) is 0 Å². The lowest BCUT2D eigenvalue weighted by Crippen LogP contribution is -2.15. The molecule has 2 aromatic rings. The third kappa shape index (κ3) is 2.33. The van der Waals surface area contributed by atoms with Crippen molar-refractivity contribution in [3.63, 3.8) is 0 Å². The Labute approximate surface area is 107 Å². The van der Waals surface area contributed by atoms with Gasteiger partial charge in [0.05, 0.1) is 20.3 Å². The Balaban J connectivity index is 2.41. The van der Waals surface area contributed by atoms with Crippen molar-refractivity contribution < 1.29 is 9.47 Å². The lowest BCUT2D eigenvalue weighted by molar-refractivity contribution is 0.393. The minimum Gasteiger partial charge on any atom is -0.497 e. The first-order chi connectivity index (χ1) is 8.65. The van der Waals surface area contributed by atoms with Crippen molar-refractivity contribution in [1.29, 1.82) is 0 Å². The highest BCUT2D eigenvalue weighted by atomic mass is 16.5. The smallest absolute Gasteiger partial charge is 0.122 e. The molecule has 0 aliphatic heterocycles. The first-order valence-corrected chi connectivity index (χ1v) is 5.75. The Kier molecular flexibility index (Phi) is 3.58. The van der Waals surface area contributed by atoms with E-state index in [2.05, 4.69) is 0 Å². The van der Waals surface area contributed by atoms with Gasteiger partial charge >= 0.3 is 0 Å². The van der Waals surface area contributed by atoms with E-state index >= 15 is 0 Å². The van der Waals surface area contributed by atoms with E-state index in [1.807, 2.05) is 48.1 Å². The van der Waals surface area contributed by atoms with Gasteiger partial charge in [-0.2, -0.15) is 0 Å². The molecule has 0 amide bonds. The van der Waals surface area contributed by atoms with Crippen LogP contribution in [0.1, 0.15) is 17.3 Å². The topological polar surface area (TPSA) is 49.4 Å². The Bertz CT molecular complexity index is 512. The summed E-state index contributed by atoms with van der Waals surface area (Å²) in [6.45, 7) is 0. The van der Waals surface area contributed by atoms with Crippen LogP contribution in [0, 0.1) is 0 Å². The van der Waals surface area contributed by atoms with E-state index in [1.165, 1.54) is 0 Å². The average Bonchev–Trinajstić information content (AvgIpc) is 2.83. The zero-order chi connectivity index (χ0) is 13.1. The molecule has 0 aliphatic carbocycles. The summed E-state index contributed by atoms with van der Waals surface area (Å²) in [6.07, 6.45) is 1.98. The Morgan fingerprint density at radius 2 is 1.72 bits per heavy atom. The summed E-state index contributed by atoms with van der Waals surface area (Å²) in [4.78, 5) is 0. The number of aromatic nitrogens is 1. The van der Waals surface area contributed by atoms with Crippen LogP contribution < -0.4 is 15.2 Å². The molecule has 4 heteroatoms. The molecule has 1 heterocycles. The van der Waals surface area contributed by atoms with Crippen molar-refractivity contribution in [1.82, 2.24) is 4.57 Å². The fraction of sp³-hybridized carbons (Fsp3) is 0.286. The minimum absolute atomic E-state index is 0.200. The molecule has 1 aromatic heterocycles. The van der Waals surface area contributed by atoms with Crippen molar-refractivity contribution >= 4 is 0 Å². The van der Waals surface area contributed by atoms with Crippen LogP contribution in [0.5, 0.6) is 11.5 Å². The number of nitrogens with zero attached hydrogens (tertiary/aromatic N) is 1. The van der Waals surface area contributed by atoms with Crippen molar-refractivity contribution in [2.45, 2.75) is 6.04 Å². The molecule has 0 aliphatic rings. The fourth-order valence-corrected chi connectivity index (χ4v) is 1.98. The van der Waals surface area contributed by atoms with Crippen LogP contribution in [-0.2, 0) is 7.05 Å². The Morgan fingerprint density at radius 1 is 1.11 bits per heavy atom. The molecule has 4 nitrogen and oxygen atoms in total. The van der Waals surface area contributed by atoms with Gasteiger partial charge in [0, 0.05) is 25.0 Å². The normalized spacial score (nSPS) is 12.2. The first kappa shape index (κ1) is 12.5. The van der Waals surface area contributed by atoms with Crippen molar-refractivity contribution in [2.75, 3.05) is 14.2 Å². The predicted molar refractivity (Wildman–Crippen MR) is 71.0 cm³/mol. The number of hydrogen-bond acceptors (Lipinski definition) is 3. The van der Waals surface area contributed by atoms with E-state index in [0.29, 0.717) is 0 Å². The molecule has 0 saturated carbocycles. The van der Waals surface area contributed by atoms with Gasteiger partial charge in [0.2, 0.25) is 0 Å². The second-order valence-electron chi connectivity index (χ2n) is 4.17. The summed E-state index contributed by atoms with van der Waals surface area (Å²) in [6, 6.07) is 9.49. The second kappa shape index (κ2) is 5.14. The molecule has 0 fully saturated rings. The summed E-state index contributed by atoms with van der Waals surface area (Å²) >= 11 is 0. The summed E-state index contributed by atoms with van der Waals surface area (Å²) in [5, 5.41) is 0. The number of aryl methyl sites for hydroxylation is 1. The molecule has 0 saturated heterocycles. The zero-order valence-electron chi connectivity index (χ0n) is 10.9. The van der Waals surface area contributed by atoms with Gasteiger partial charge in [0.25, 0.3) is 0 Å². The van der Waals surface area contributed by atoms with Crippen molar-refractivity contribution in [3.8, 4) is 11.5 Å². The van der Waals surface area contributed by atoms with E-state index < -0.39 is 0 Å². The van der Waals surface area contributed by atoms with Gasteiger partial charge in [-0.25, -0.2) is 0 Å². The fourth-order valence-electron chi connectivity index (χ4n) is 1.98. The third-order valence-corrected chi connectivity index (χ3v) is 3.04. The van der Waals surface area contributed by atoms with E-state index in [4.69, 9.17) is 15.2 Å². The standard InChI is InChI=1S/C14H18N2O2/c1-16-6-4-5-13(16)14(15)10-7-11(17-2)9-12(8-10)18-3/h4-9,14H,15H2,1-3H3. The zero-order valence-corrected chi connectivity index (χ0v) is 10.9. The third-order valence-electron chi connectivity index (χ3n) is 3.04. The molecule has 1 aromatic carbocycles. The summed E-state index contributed by atoms with van der Waals surface area (Å²) in [5.74, 6) is 1.49. The number of nitrogens with two attached hydrogens (primary N) is 1. The Morgan fingerprint density at radius 3 is 2.17 bits per heavy atom. The van der Waals surface area contributed by atoms with Crippen LogP contribution in [0.2, 0.25) is 0 Å². The van der Waals surface area contributed by atoms with Crippen LogP contribution in [0.25, 0.3) is 0 Å². The number of rotatable bonds is 4. The van der Waals surface area contributed by atoms with Gasteiger partial charge in [0.15, 0.2) is 0 Å². The SMILES string of the molecule is COc1cc(OC)cc(C(N)c2cccn2C)c1. The van der Waals surface area contributed by atoms with Crippen LogP contribution in [0.4, 0.5) is 0 Å². The van der Waals surface area contributed by atoms with Crippen LogP contribution in [-0.4, -0.2) is 18.8 Å². The number of hydrogen-bond donors (Lipinski definition) is 1. The molecule has 96 valence electrons. The van der Waals surface area contributed by atoms with Gasteiger partial charge in [0.1, 0.15) is 11.5 Å². The molecule has 1 atom stereocenters. The van der Waals surface area contributed by atoms with Gasteiger partial charge in [-0.05, 0) is 29.8 Å². The summed E-state index contributed by atoms with van der Waals surface area (Å²) < 4.78 is 12.5. The molecule has 0 spiro atoms. The average molecular weight is 246 g/mol. The molecule has 2 N–H and O–H groups in total. The van der Waals surface area contributed by atoms with Crippen molar-refractivity contribution in [3.05, 3.63) is 47.8 Å². The van der Waals surface area contributed by atoms with Gasteiger partial charge in [-0.15, -0.1) is 0 Å². The lowest BCUT2D eigenvalue weighted by Gasteiger charge is -2.15. The molecular formula is C14H18N2O2. The predicted octanol–water partition coefficient (Wildman–Crippen LogP) is 2.09. The minimum atomic E-state index is -0.200. The number of benzene rings is 1. The lowest BCUT2D eigenvalue weighted by atomic mass is 10.0. The first-order valence-electron chi connectivity index (χ1n) is 5.75. The van der Waals surface area contributed by atoms with Gasteiger partial charge < -0.3 is 19.8 Å². The van der Waals surface area contributed by atoms with Gasteiger partial charge in [-0.1, -0.05) is 0 Å². The molecular weight excluding hydrogens is 228 g/mol. The van der Waals surface area contributed by atoms with Crippen LogP contribution in [0.3, 0.4) is 0 Å². The number of ether oxygens (including phenoxy) is 2. The van der Waals surface area contributed by atoms with E-state index in [9.17, 15) is 0 Å². The van der Waals surface area contributed by atoms with E-state index in [-0.39, 0.29) is 6.04 Å². The van der Waals surface area contributed by atoms with Crippen LogP contribution >= 0.6 is 0 Å². The molecule has 2 rings (SSSR count). The Hall–Kier alpha value is -1.94. The maximum atomic E-state index is 6.28.